The minimum absolute atomic E-state index is 0.00953. The van der Waals surface area contributed by atoms with Crippen molar-refractivity contribution in [1.29, 1.82) is 0 Å². The summed E-state index contributed by atoms with van der Waals surface area (Å²) < 4.78 is 10.6. The molecule has 0 aliphatic carbocycles. The molecule has 2 aromatic carbocycles. The Morgan fingerprint density at radius 2 is 1.40 bits per heavy atom. The maximum atomic E-state index is 13.7. The van der Waals surface area contributed by atoms with Gasteiger partial charge in [0, 0.05) is 12.6 Å². The average molecular weight is 668 g/mol. The van der Waals surface area contributed by atoms with E-state index in [0.29, 0.717) is 10.6 Å². The molecule has 4 amide bonds. The van der Waals surface area contributed by atoms with Crippen LogP contribution in [0, 0.1) is 0 Å². The van der Waals surface area contributed by atoms with Gasteiger partial charge in [-0.1, -0.05) is 95.7 Å². The molecule has 3 rings (SSSR count). The van der Waals surface area contributed by atoms with Crippen LogP contribution in [0.1, 0.15) is 105 Å². The van der Waals surface area contributed by atoms with E-state index in [1.54, 1.807) is 0 Å². The highest BCUT2D eigenvalue weighted by Gasteiger charge is 2.48. The number of ketones is 1. The molecule has 1 unspecified atom stereocenters. The van der Waals surface area contributed by atoms with Crippen LogP contribution in [0.25, 0.3) is 0 Å². The summed E-state index contributed by atoms with van der Waals surface area (Å²) in [6.07, 6.45) is 14.4. The Kier molecular flexibility index (Phi) is 14.9. The van der Waals surface area contributed by atoms with Gasteiger partial charge in [-0.15, -0.1) is 0 Å². The highest BCUT2D eigenvalue weighted by molar-refractivity contribution is 6.34. The summed E-state index contributed by atoms with van der Waals surface area (Å²) >= 11 is 6.34. The number of likely N-dealkylation sites (N-methyl/N-ethyl adjacent to an activating group) is 1. The van der Waals surface area contributed by atoms with Crippen LogP contribution in [0.2, 0.25) is 5.02 Å². The zero-order chi connectivity index (χ0) is 34.3. The van der Waals surface area contributed by atoms with Crippen LogP contribution in [0.4, 0.5) is 10.5 Å². The number of imide groups is 1. The van der Waals surface area contributed by atoms with Crippen molar-refractivity contribution >= 4 is 46.9 Å². The quantitative estimate of drug-likeness (QED) is 0.0382. The van der Waals surface area contributed by atoms with E-state index in [0.717, 1.165) is 24.2 Å². The smallest absolute Gasteiger partial charge is 0.338 e. The zero-order valence-corrected chi connectivity index (χ0v) is 28.4. The number of nitrogens with zero attached hydrogens (tertiary/aromatic N) is 2. The Morgan fingerprint density at radius 1 is 0.851 bits per heavy atom. The van der Waals surface area contributed by atoms with Crippen LogP contribution >= 0.6 is 11.6 Å². The molecular weight excluding hydrogens is 622 g/mol. The third kappa shape index (κ3) is 10.4. The van der Waals surface area contributed by atoms with E-state index in [1.807, 2.05) is 0 Å². The van der Waals surface area contributed by atoms with E-state index < -0.39 is 35.6 Å². The Labute approximate surface area is 282 Å². The number of carbonyl (C=O) groups excluding carboxylic acids is 5. The molecule has 0 aromatic heterocycles. The second kappa shape index (κ2) is 18.8. The van der Waals surface area contributed by atoms with Gasteiger partial charge in [-0.25, -0.2) is 14.5 Å². The number of rotatable bonds is 20. The van der Waals surface area contributed by atoms with E-state index in [-0.39, 0.29) is 34.1 Å². The summed E-state index contributed by atoms with van der Waals surface area (Å²) in [6.45, 7) is 6.08. The van der Waals surface area contributed by atoms with Crippen LogP contribution in [-0.4, -0.2) is 66.2 Å². The monoisotopic (exact) mass is 667 g/mol. The molecule has 11 heteroatoms. The van der Waals surface area contributed by atoms with Crippen molar-refractivity contribution in [1.82, 2.24) is 9.80 Å². The van der Waals surface area contributed by atoms with E-state index in [4.69, 9.17) is 21.1 Å². The fourth-order valence-electron chi connectivity index (χ4n) is 5.28. The molecule has 1 N–H and O–H groups in total. The van der Waals surface area contributed by atoms with E-state index in [9.17, 15) is 24.0 Å². The number of amides is 4. The molecule has 1 heterocycles. The number of ether oxygens (including phenoxy) is 2. The highest BCUT2D eigenvalue weighted by Crippen LogP contribution is 2.27. The first-order chi connectivity index (χ1) is 22.6. The standard InChI is InChI=1S/C36H46ClN3O7/c1-5-6-7-8-9-10-11-12-13-14-15-16-23-47-35(44)27-19-22-29(37)30(24-27)38-33(42)31(40-34(43)25(2)39(3)36(40)45)32(41)26-17-20-28(46-4)21-18-26/h17-22,24,31H,2,5-16,23H2,1,3-4H3,(H,38,42). The molecule has 0 spiro atoms. The predicted molar refractivity (Wildman–Crippen MR) is 182 cm³/mol. The molecule has 1 fully saturated rings. The van der Waals surface area contributed by atoms with Crippen molar-refractivity contribution in [3.05, 3.63) is 70.9 Å². The molecule has 47 heavy (non-hydrogen) atoms. The third-order valence-corrected chi connectivity index (χ3v) is 8.51. The van der Waals surface area contributed by atoms with Crippen molar-refractivity contribution in [3.63, 3.8) is 0 Å². The molecular formula is C36H46ClN3O7. The molecule has 1 aliphatic rings. The van der Waals surface area contributed by atoms with Crippen LogP contribution < -0.4 is 10.1 Å². The highest BCUT2D eigenvalue weighted by atomic mass is 35.5. The van der Waals surface area contributed by atoms with Gasteiger partial charge in [0.15, 0.2) is 11.8 Å². The molecule has 1 atom stereocenters. The summed E-state index contributed by atoms with van der Waals surface area (Å²) in [5.74, 6) is -2.82. The summed E-state index contributed by atoms with van der Waals surface area (Å²) in [5, 5.41) is 2.60. The van der Waals surface area contributed by atoms with Crippen LogP contribution in [0.15, 0.2) is 54.7 Å². The summed E-state index contributed by atoms with van der Waals surface area (Å²) in [4.78, 5) is 67.5. The lowest BCUT2D eigenvalue weighted by molar-refractivity contribution is -0.129. The SMILES string of the molecule is C=C1C(=O)N(C(C(=O)Nc2cc(C(=O)OCCCCCCCCCCCCCC)ccc2Cl)C(=O)c2ccc(OC)cc2)C(=O)N1C. The lowest BCUT2D eigenvalue weighted by Crippen LogP contribution is -2.52. The fourth-order valence-corrected chi connectivity index (χ4v) is 5.45. The maximum Gasteiger partial charge on any atom is 0.338 e. The number of benzene rings is 2. The molecule has 0 radical (unpaired) electrons. The van der Waals surface area contributed by atoms with E-state index in [1.165, 1.54) is 114 Å². The molecule has 10 nitrogen and oxygen atoms in total. The average Bonchev–Trinajstić information content (AvgIpc) is 3.26. The van der Waals surface area contributed by atoms with Crippen molar-refractivity contribution in [3.8, 4) is 5.75 Å². The van der Waals surface area contributed by atoms with Gasteiger partial charge in [0.25, 0.3) is 11.8 Å². The normalized spacial score (nSPS) is 13.6. The van der Waals surface area contributed by atoms with Crippen LogP contribution in [0.5, 0.6) is 5.75 Å². The number of urea groups is 1. The Morgan fingerprint density at radius 3 is 1.94 bits per heavy atom. The van der Waals surface area contributed by atoms with Gasteiger partial charge in [0.1, 0.15) is 11.4 Å². The number of anilines is 1. The van der Waals surface area contributed by atoms with Gasteiger partial charge < -0.3 is 14.8 Å². The fraction of sp³-hybridized carbons (Fsp3) is 0.472. The lowest BCUT2D eigenvalue weighted by Gasteiger charge is -2.24. The van der Waals surface area contributed by atoms with Crippen molar-refractivity contribution in [2.75, 3.05) is 26.1 Å². The number of nitrogens with one attached hydrogen (secondary N) is 1. The zero-order valence-electron chi connectivity index (χ0n) is 27.6. The Hall–Kier alpha value is -4.18. The van der Waals surface area contributed by atoms with Crippen molar-refractivity contribution < 1.29 is 33.4 Å². The topological polar surface area (TPSA) is 122 Å². The van der Waals surface area contributed by atoms with Gasteiger partial charge >= 0.3 is 12.0 Å². The summed E-state index contributed by atoms with van der Waals surface area (Å²) in [7, 11) is 2.78. The molecule has 0 bridgehead atoms. The molecule has 0 saturated carbocycles. The summed E-state index contributed by atoms with van der Waals surface area (Å²) in [6, 6.07) is 7.32. The number of methoxy groups -OCH3 is 1. The second-order valence-corrected chi connectivity index (χ2v) is 12.1. The molecule has 1 saturated heterocycles. The van der Waals surface area contributed by atoms with Gasteiger partial charge in [-0.2, -0.15) is 0 Å². The van der Waals surface area contributed by atoms with Crippen LogP contribution in [-0.2, 0) is 14.3 Å². The van der Waals surface area contributed by atoms with Crippen molar-refractivity contribution in [2.24, 2.45) is 0 Å². The van der Waals surface area contributed by atoms with Gasteiger partial charge in [-0.3, -0.25) is 19.3 Å². The first kappa shape index (κ1) is 37.3. The van der Waals surface area contributed by atoms with Crippen LogP contribution in [0.3, 0.4) is 0 Å². The number of unbranched alkanes of at least 4 members (excludes halogenated alkanes) is 11. The predicted octanol–water partition coefficient (Wildman–Crippen LogP) is 7.80. The molecule has 254 valence electrons. The first-order valence-corrected chi connectivity index (χ1v) is 16.7. The number of halogens is 1. The Balaban J connectivity index is 1.59. The minimum Gasteiger partial charge on any atom is -0.497 e. The van der Waals surface area contributed by atoms with Gasteiger partial charge in [-0.05, 0) is 48.9 Å². The number of hydrogen-bond acceptors (Lipinski definition) is 7. The lowest BCUT2D eigenvalue weighted by atomic mass is 10.0. The number of Topliss-reactive ketones (excluding diaryl/α,β-unsaturated/α-hetero) is 1. The molecule has 1 aliphatic heterocycles. The Bertz CT molecular complexity index is 1430. The largest absolute Gasteiger partial charge is 0.497 e. The third-order valence-electron chi connectivity index (χ3n) is 8.18. The summed E-state index contributed by atoms with van der Waals surface area (Å²) in [5.41, 5.74) is 0.0256. The van der Waals surface area contributed by atoms with Crippen molar-refractivity contribution in [2.45, 2.75) is 90.0 Å². The van der Waals surface area contributed by atoms with E-state index >= 15 is 0 Å². The minimum atomic E-state index is -1.89. The van der Waals surface area contributed by atoms with Gasteiger partial charge in [0.2, 0.25) is 0 Å². The number of carbonyl (C=O) groups is 5. The van der Waals surface area contributed by atoms with Gasteiger partial charge in [0.05, 0.1) is 30.0 Å². The first-order valence-electron chi connectivity index (χ1n) is 16.4. The molecule has 2 aromatic rings. The second-order valence-electron chi connectivity index (χ2n) is 11.7. The van der Waals surface area contributed by atoms with E-state index in [2.05, 4.69) is 18.8 Å². The maximum absolute atomic E-state index is 13.7. The number of esters is 1. The number of hydrogen-bond donors (Lipinski definition) is 1.